The van der Waals surface area contributed by atoms with Gasteiger partial charge in [0, 0.05) is 18.0 Å². The minimum absolute atomic E-state index is 0.670. The van der Waals surface area contributed by atoms with Crippen LogP contribution in [0.15, 0.2) is 42.6 Å². The van der Waals surface area contributed by atoms with Gasteiger partial charge in [-0.2, -0.15) is 0 Å². The van der Waals surface area contributed by atoms with E-state index >= 15 is 0 Å². The van der Waals surface area contributed by atoms with Gasteiger partial charge < -0.3 is 15.8 Å². The number of nitrogens with zero attached hydrogens (tertiary/aromatic N) is 1. The van der Waals surface area contributed by atoms with Crippen molar-refractivity contribution in [3.8, 4) is 5.75 Å². The summed E-state index contributed by atoms with van der Waals surface area (Å²) in [6.45, 7) is 0. The highest BCUT2D eigenvalue weighted by molar-refractivity contribution is 5.67. The highest BCUT2D eigenvalue weighted by atomic mass is 16.5. The fourth-order valence-electron chi connectivity index (χ4n) is 1.39. The van der Waals surface area contributed by atoms with Gasteiger partial charge in [-0.05, 0) is 24.3 Å². The monoisotopic (exact) mass is 215 g/mol. The first-order valence-electron chi connectivity index (χ1n) is 4.91. The summed E-state index contributed by atoms with van der Waals surface area (Å²) in [7, 11) is 1.61. The highest BCUT2D eigenvalue weighted by Crippen LogP contribution is 2.28. The summed E-state index contributed by atoms with van der Waals surface area (Å²) in [6.07, 6.45) is 1.73. The second kappa shape index (κ2) is 4.53. The normalized spacial score (nSPS) is 9.81. The standard InChI is InChI=1S/C12H13N3O/c1-16-11-8-9(13)5-6-10(11)15-12-4-2-3-7-14-12/h2-8H,13H2,1H3,(H,14,15). The van der Waals surface area contributed by atoms with E-state index in [4.69, 9.17) is 10.5 Å². The molecular formula is C12H13N3O. The maximum absolute atomic E-state index is 5.67. The first-order valence-corrected chi connectivity index (χ1v) is 4.91. The van der Waals surface area contributed by atoms with Crippen LogP contribution in [0.3, 0.4) is 0 Å². The molecule has 1 heterocycles. The summed E-state index contributed by atoms with van der Waals surface area (Å²) in [5.74, 6) is 1.47. The summed E-state index contributed by atoms with van der Waals surface area (Å²) in [6, 6.07) is 11.1. The van der Waals surface area contributed by atoms with Crippen molar-refractivity contribution in [3.63, 3.8) is 0 Å². The molecule has 0 radical (unpaired) electrons. The number of nitrogens with two attached hydrogens (primary N) is 1. The third-order valence-corrected chi connectivity index (χ3v) is 2.15. The van der Waals surface area contributed by atoms with Crippen LogP contribution < -0.4 is 15.8 Å². The molecule has 0 saturated heterocycles. The fraction of sp³-hybridized carbons (Fsp3) is 0.0833. The number of rotatable bonds is 3. The Morgan fingerprint density at radius 2 is 2.12 bits per heavy atom. The van der Waals surface area contributed by atoms with Gasteiger partial charge in [0.25, 0.3) is 0 Å². The molecule has 0 aliphatic heterocycles. The molecule has 4 heteroatoms. The first-order chi connectivity index (χ1) is 7.79. The van der Waals surface area contributed by atoms with Gasteiger partial charge in [0.15, 0.2) is 0 Å². The molecule has 16 heavy (non-hydrogen) atoms. The molecule has 0 aliphatic rings. The van der Waals surface area contributed by atoms with Crippen molar-refractivity contribution in [2.24, 2.45) is 0 Å². The van der Waals surface area contributed by atoms with E-state index in [1.165, 1.54) is 0 Å². The number of hydrogen-bond donors (Lipinski definition) is 2. The van der Waals surface area contributed by atoms with Crippen molar-refractivity contribution in [1.82, 2.24) is 4.98 Å². The summed E-state index contributed by atoms with van der Waals surface area (Å²) in [5, 5.41) is 3.16. The van der Waals surface area contributed by atoms with Crippen LogP contribution in [0, 0.1) is 0 Å². The number of nitrogen functional groups attached to an aromatic ring is 1. The Bertz CT molecular complexity index is 471. The molecule has 3 N–H and O–H groups in total. The SMILES string of the molecule is COc1cc(N)ccc1Nc1ccccn1. The number of methoxy groups -OCH3 is 1. The van der Waals surface area contributed by atoms with E-state index in [0.29, 0.717) is 11.4 Å². The third kappa shape index (κ3) is 2.23. The Morgan fingerprint density at radius 1 is 1.25 bits per heavy atom. The quantitative estimate of drug-likeness (QED) is 0.772. The van der Waals surface area contributed by atoms with Crippen LogP contribution in [-0.4, -0.2) is 12.1 Å². The van der Waals surface area contributed by atoms with E-state index in [0.717, 1.165) is 11.5 Å². The molecular weight excluding hydrogens is 202 g/mol. The Kier molecular flexibility index (Phi) is 2.91. The van der Waals surface area contributed by atoms with Crippen LogP contribution in [0.25, 0.3) is 0 Å². The molecule has 0 fully saturated rings. The van der Waals surface area contributed by atoms with Gasteiger partial charge in [-0.3, -0.25) is 0 Å². The van der Waals surface area contributed by atoms with Crippen LogP contribution >= 0.6 is 0 Å². The molecule has 1 aromatic heterocycles. The van der Waals surface area contributed by atoms with Gasteiger partial charge in [-0.25, -0.2) is 4.98 Å². The summed E-state index contributed by atoms with van der Waals surface area (Å²) < 4.78 is 5.23. The Hall–Kier alpha value is -2.23. The van der Waals surface area contributed by atoms with Crippen molar-refractivity contribution in [2.75, 3.05) is 18.2 Å². The number of benzene rings is 1. The van der Waals surface area contributed by atoms with Crippen LogP contribution in [0.4, 0.5) is 17.2 Å². The number of nitrogens with one attached hydrogen (secondary N) is 1. The molecule has 0 unspecified atom stereocenters. The minimum atomic E-state index is 0.670. The van der Waals surface area contributed by atoms with E-state index < -0.39 is 0 Å². The molecule has 1 aromatic carbocycles. The van der Waals surface area contributed by atoms with Gasteiger partial charge in [0.2, 0.25) is 0 Å². The van der Waals surface area contributed by atoms with E-state index in [1.54, 1.807) is 19.4 Å². The first kappa shape index (κ1) is 10.3. The number of pyridine rings is 1. The Balaban J connectivity index is 2.28. The number of anilines is 3. The largest absolute Gasteiger partial charge is 0.494 e. The minimum Gasteiger partial charge on any atom is -0.494 e. The zero-order valence-electron chi connectivity index (χ0n) is 8.97. The molecule has 2 rings (SSSR count). The molecule has 0 aliphatic carbocycles. The number of aromatic nitrogens is 1. The second-order valence-corrected chi connectivity index (χ2v) is 3.30. The summed E-state index contributed by atoms with van der Waals surface area (Å²) in [4.78, 5) is 4.17. The molecule has 0 bridgehead atoms. The zero-order valence-corrected chi connectivity index (χ0v) is 8.97. The van der Waals surface area contributed by atoms with Crippen LogP contribution in [0.5, 0.6) is 5.75 Å². The third-order valence-electron chi connectivity index (χ3n) is 2.15. The lowest BCUT2D eigenvalue weighted by atomic mass is 10.2. The van der Waals surface area contributed by atoms with Crippen LogP contribution in [0.2, 0.25) is 0 Å². The van der Waals surface area contributed by atoms with Crippen molar-refractivity contribution < 1.29 is 4.74 Å². The van der Waals surface area contributed by atoms with Crippen molar-refractivity contribution in [1.29, 1.82) is 0 Å². The molecule has 82 valence electrons. The van der Waals surface area contributed by atoms with E-state index in [-0.39, 0.29) is 0 Å². The highest BCUT2D eigenvalue weighted by Gasteiger charge is 2.03. The number of ether oxygens (including phenoxy) is 1. The topological polar surface area (TPSA) is 60.2 Å². The zero-order chi connectivity index (χ0) is 11.4. The van der Waals surface area contributed by atoms with Gasteiger partial charge in [0.1, 0.15) is 11.6 Å². The lowest BCUT2D eigenvalue weighted by Crippen LogP contribution is -1.97. The average Bonchev–Trinajstić information content (AvgIpc) is 2.33. The van der Waals surface area contributed by atoms with Gasteiger partial charge in [-0.15, -0.1) is 0 Å². The van der Waals surface area contributed by atoms with Crippen molar-refractivity contribution >= 4 is 17.2 Å². The lowest BCUT2D eigenvalue weighted by molar-refractivity contribution is 0.417. The predicted molar refractivity (Wildman–Crippen MR) is 64.9 cm³/mol. The molecule has 0 amide bonds. The Labute approximate surface area is 94.1 Å². The van der Waals surface area contributed by atoms with Crippen molar-refractivity contribution in [2.45, 2.75) is 0 Å². The molecule has 0 saturated carbocycles. The predicted octanol–water partition coefficient (Wildman–Crippen LogP) is 2.42. The van der Waals surface area contributed by atoms with Gasteiger partial charge >= 0.3 is 0 Å². The van der Waals surface area contributed by atoms with Gasteiger partial charge in [0.05, 0.1) is 12.8 Å². The average molecular weight is 215 g/mol. The van der Waals surface area contributed by atoms with Crippen LogP contribution in [0.1, 0.15) is 0 Å². The maximum Gasteiger partial charge on any atom is 0.144 e. The number of hydrogen-bond acceptors (Lipinski definition) is 4. The summed E-state index contributed by atoms with van der Waals surface area (Å²) in [5.41, 5.74) is 7.19. The lowest BCUT2D eigenvalue weighted by Gasteiger charge is -2.10. The van der Waals surface area contributed by atoms with Crippen molar-refractivity contribution in [3.05, 3.63) is 42.6 Å². The molecule has 2 aromatic rings. The van der Waals surface area contributed by atoms with E-state index in [1.807, 2.05) is 30.3 Å². The smallest absolute Gasteiger partial charge is 0.144 e. The molecule has 0 spiro atoms. The van der Waals surface area contributed by atoms with Crippen LogP contribution in [-0.2, 0) is 0 Å². The summed E-state index contributed by atoms with van der Waals surface area (Å²) >= 11 is 0. The molecule has 4 nitrogen and oxygen atoms in total. The fourth-order valence-corrected chi connectivity index (χ4v) is 1.39. The van der Waals surface area contributed by atoms with E-state index in [2.05, 4.69) is 10.3 Å². The van der Waals surface area contributed by atoms with E-state index in [9.17, 15) is 0 Å². The second-order valence-electron chi connectivity index (χ2n) is 3.30. The Morgan fingerprint density at radius 3 is 2.81 bits per heavy atom. The maximum atomic E-state index is 5.67. The van der Waals surface area contributed by atoms with Gasteiger partial charge in [-0.1, -0.05) is 6.07 Å². The molecule has 0 atom stereocenters.